The van der Waals surface area contributed by atoms with Gasteiger partial charge in [-0.05, 0) is 74.9 Å². The normalized spacial score (nSPS) is 14.9. The molecule has 1 aliphatic rings. The number of amides is 5. The number of aromatic nitrogens is 1. The number of anilines is 1. The van der Waals surface area contributed by atoms with Crippen molar-refractivity contribution in [1.82, 2.24) is 9.88 Å². The number of para-hydroxylation sites is 2. The van der Waals surface area contributed by atoms with Gasteiger partial charge in [-0.15, -0.1) is 0 Å². The standard InChI is InChI=1S/C26H24N4O5/c1-4-35-22-8-6-5-7-21(22)30-25(33)20(24(32)28-26(30)34)14-18-13-15(2)29(16(18)3)19-11-9-17(10-12-19)23(27)31/h5-14H,4H2,1-3H3,(H2,27,31)(H,28,32,34)/b20-14+. The second-order valence-electron chi connectivity index (χ2n) is 7.93. The predicted octanol–water partition coefficient (Wildman–Crippen LogP) is 3.26. The van der Waals surface area contributed by atoms with Gasteiger partial charge < -0.3 is 15.0 Å². The summed E-state index contributed by atoms with van der Waals surface area (Å²) >= 11 is 0. The summed E-state index contributed by atoms with van der Waals surface area (Å²) in [7, 11) is 0. The molecule has 4 rings (SSSR count). The Morgan fingerprint density at radius 1 is 1.06 bits per heavy atom. The molecule has 35 heavy (non-hydrogen) atoms. The van der Waals surface area contributed by atoms with Gasteiger partial charge in [0.15, 0.2) is 0 Å². The SMILES string of the molecule is CCOc1ccccc1N1C(=O)NC(=O)/C(=C\c2cc(C)n(-c3ccc(C(N)=O)cc3)c2C)C1=O. The molecule has 1 saturated heterocycles. The number of aryl methyl sites for hydroxylation is 1. The molecule has 2 heterocycles. The summed E-state index contributed by atoms with van der Waals surface area (Å²) in [5.74, 6) is -1.69. The first-order chi connectivity index (χ1) is 16.7. The van der Waals surface area contributed by atoms with Crippen molar-refractivity contribution in [1.29, 1.82) is 0 Å². The highest BCUT2D eigenvalue weighted by Crippen LogP contribution is 2.32. The Morgan fingerprint density at radius 3 is 2.40 bits per heavy atom. The van der Waals surface area contributed by atoms with E-state index in [-0.39, 0.29) is 11.3 Å². The number of rotatable bonds is 6. The number of carbonyl (C=O) groups is 4. The molecule has 0 spiro atoms. The molecule has 9 heteroatoms. The molecule has 5 amide bonds. The van der Waals surface area contributed by atoms with Crippen LogP contribution in [0.25, 0.3) is 11.8 Å². The Balaban J connectivity index is 1.74. The molecular formula is C26H24N4O5. The minimum absolute atomic E-state index is 0.180. The van der Waals surface area contributed by atoms with Crippen LogP contribution < -0.4 is 20.7 Å². The van der Waals surface area contributed by atoms with Crippen molar-refractivity contribution in [3.8, 4) is 11.4 Å². The number of nitrogens with one attached hydrogen (secondary N) is 1. The zero-order valence-corrected chi connectivity index (χ0v) is 19.5. The number of benzene rings is 2. The number of urea groups is 1. The number of carbonyl (C=O) groups excluding carboxylic acids is 4. The van der Waals surface area contributed by atoms with Gasteiger partial charge in [0.1, 0.15) is 11.3 Å². The second kappa shape index (κ2) is 9.30. The number of imide groups is 2. The van der Waals surface area contributed by atoms with Gasteiger partial charge in [0.05, 0.1) is 12.3 Å². The highest BCUT2D eigenvalue weighted by Gasteiger charge is 2.38. The number of nitrogens with two attached hydrogens (primary N) is 1. The molecule has 3 aromatic rings. The van der Waals surface area contributed by atoms with Crippen LogP contribution in [0.15, 0.2) is 60.2 Å². The molecule has 0 saturated carbocycles. The number of hydrogen-bond acceptors (Lipinski definition) is 5. The van der Waals surface area contributed by atoms with Gasteiger partial charge in [-0.3, -0.25) is 19.7 Å². The summed E-state index contributed by atoms with van der Waals surface area (Å²) in [6.07, 6.45) is 1.47. The van der Waals surface area contributed by atoms with E-state index in [1.165, 1.54) is 6.08 Å². The summed E-state index contributed by atoms with van der Waals surface area (Å²) in [5, 5.41) is 2.24. The van der Waals surface area contributed by atoms with E-state index in [0.29, 0.717) is 23.5 Å². The maximum absolute atomic E-state index is 13.4. The maximum atomic E-state index is 13.4. The average Bonchev–Trinajstić information content (AvgIpc) is 3.10. The molecule has 2 aromatic carbocycles. The third-order valence-electron chi connectivity index (χ3n) is 5.69. The molecule has 1 aromatic heterocycles. The summed E-state index contributed by atoms with van der Waals surface area (Å²) in [6, 6.07) is 14.4. The first-order valence-electron chi connectivity index (χ1n) is 11.0. The van der Waals surface area contributed by atoms with Crippen molar-refractivity contribution in [3.05, 3.63) is 82.7 Å². The van der Waals surface area contributed by atoms with Crippen LogP contribution in [0.1, 0.15) is 34.2 Å². The first kappa shape index (κ1) is 23.5. The van der Waals surface area contributed by atoms with E-state index in [4.69, 9.17) is 10.5 Å². The molecule has 3 N–H and O–H groups in total. The Labute approximate surface area is 201 Å². The average molecular weight is 473 g/mol. The van der Waals surface area contributed by atoms with Gasteiger partial charge in [-0.1, -0.05) is 12.1 Å². The molecule has 0 unspecified atom stereocenters. The fourth-order valence-electron chi connectivity index (χ4n) is 4.06. The summed E-state index contributed by atoms with van der Waals surface area (Å²) in [5.41, 5.74) is 8.81. The third kappa shape index (κ3) is 4.31. The van der Waals surface area contributed by atoms with Crippen LogP contribution in [0.5, 0.6) is 5.75 Å². The fraction of sp³-hybridized carbons (Fsp3) is 0.154. The van der Waals surface area contributed by atoms with E-state index in [9.17, 15) is 19.2 Å². The van der Waals surface area contributed by atoms with Crippen molar-refractivity contribution in [2.75, 3.05) is 11.5 Å². The van der Waals surface area contributed by atoms with Crippen LogP contribution in [0.4, 0.5) is 10.5 Å². The van der Waals surface area contributed by atoms with E-state index >= 15 is 0 Å². The highest BCUT2D eigenvalue weighted by atomic mass is 16.5. The van der Waals surface area contributed by atoms with E-state index in [1.807, 2.05) is 24.5 Å². The molecule has 178 valence electrons. The van der Waals surface area contributed by atoms with Crippen molar-refractivity contribution in [2.24, 2.45) is 5.73 Å². The molecule has 0 aliphatic carbocycles. The van der Waals surface area contributed by atoms with Crippen LogP contribution >= 0.6 is 0 Å². The fourth-order valence-corrected chi connectivity index (χ4v) is 4.06. The Kier molecular flexibility index (Phi) is 6.24. The van der Waals surface area contributed by atoms with E-state index < -0.39 is 23.8 Å². The molecule has 0 bridgehead atoms. The lowest BCUT2D eigenvalue weighted by Crippen LogP contribution is -2.54. The molecule has 1 fully saturated rings. The predicted molar refractivity (Wildman–Crippen MR) is 130 cm³/mol. The van der Waals surface area contributed by atoms with Crippen LogP contribution in [0.2, 0.25) is 0 Å². The number of primary amides is 1. The topological polar surface area (TPSA) is 124 Å². The number of hydrogen-bond donors (Lipinski definition) is 2. The van der Waals surface area contributed by atoms with Gasteiger partial charge in [-0.2, -0.15) is 0 Å². The Morgan fingerprint density at radius 2 is 1.74 bits per heavy atom. The summed E-state index contributed by atoms with van der Waals surface area (Å²) < 4.78 is 7.49. The minimum atomic E-state index is -0.843. The lowest BCUT2D eigenvalue weighted by molar-refractivity contribution is -0.122. The van der Waals surface area contributed by atoms with Crippen molar-refractivity contribution < 1.29 is 23.9 Å². The van der Waals surface area contributed by atoms with Crippen molar-refractivity contribution in [2.45, 2.75) is 20.8 Å². The number of barbiturate groups is 1. The third-order valence-corrected chi connectivity index (χ3v) is 5.69. The first-order valence-corrected chi connectivity index (χ1v) is 11.0. The zero-order chi connectivity index (χ0) is 25.3. The van der Waals surface area contributed by atoms with Crippen molar-refractivity contribution >= 4 is 35.5 Å². The van der Waals surface area contributed by atoms with Crippen molar-refractivity contribution in [3.63, 3.8) is 0 Å². The smallest absolute Gasteiger partial charge is 0.336 e. The molecule has 9 nitrogen and oxygen atoms in total. The Bertz CT molecular complexity index is 1390. The van der Waals surface area contributed by atoms with Crippen LogP contribution in [0, 0.1) is 13.8 Å². The largest absolute Gasteiger partial charge is 0.492 e. The summed E-state index contributed by atoms with van der Waals surface area (Å²) in [6.45, 7) is 5.86. The highest BCUT2D eigenvalue weighted by molar-refractivity contribution is 6.39. The number of nitrogens with zero attached hydrogens (tertiary/aromatic N) is 2. The van der Waals surface area contributed by atoms with Crippen LogP contribution in [-0.2, 0) is 9.59 Å². The second-order valence-corrected chi connectivity index (χ2v) is 7.93. The zero-order valence-electron chi connectivity index (χ0n) is 19.5. The quantitative estimate of drug-likeness (QED) is 0.421. The van der Waals surface area contributed by atoms with Gasteiger partial charge in [0, 0.05) is 22.6 Å². The maximum Gasteiger partial charge on any atom is 0.336 e. The molecular weight excluding hydrogens is 448 g/mol. The number of ether oxygens (including phenoxy) is 1. The molecule has 0 radical (unpaired) electrons. The van der Waals surface area contributed by atoms with Gasteiger partial charge in [-0.25, -0.2) is 9.69 Å². The van der Waals surface area contributed by atoms with E-state index in [0.717, 1.165) is 22.0 Å². The molecule has 1 aliphatic heterocycles. The lowest BCUT2D eigenvalue weighted by Gasteiger charge is -2.27. The monoisotopic (exact) mass is 472 g/mol. The van der Waals surface area contributed by atoms with Gasteiger partial charge >= 0.3 is 6.03 Å². The van der Waals surface area contributed by atoms with Crippen LogP contribution in [0.3, 0.4) is 0 Å². The minimum Gasteiger partial charge on any atom is -0.492 e. The van der Waals surface area contributed by atoms with E-state index in [1.54, 1.807) is 55.5 Å². The van der Waals surface area contributed by atoms with Gasteiger partial charge in [0.2, 0.25) is 5.91 Å². The van der Waals surface area contributed by atoms with Gasteiger partial charge in [0.25, 0.3) is 11.8 Å². The van der Waals surface area contributed by atoms with Crippen LogP contribution in [-0.4, -0.2) is 34.9 Å². The Hall–Kier alpha value is -4.66. The molecule has 0 atom stereocenters. The summed E-state index contributed by atoms with van der Waals surface area (Å²) in [4.78, 5) is 50.9. The van der Waals surface area contributed by atoms with E-state index in [2.05, 4.69) is 5.32 Å². The lowest BCUT2D eigenvalue weighted by atomic mass is 10.1.